The van der Waals surface area contributed by atoms with Crippen molar-refractivity contribution in [2.24, 2.45) is 0 Å². The van der Waals surface area contributed by atoms with E-state index in [-0.39, 0.29) is 12.1 Å². The van der Waals surface area contributed by atoms with Gasteiger partial charge in [-0.05, 0) is 26.8 Å². The predicted molar refractivity (Wildman–Crippen MR) is 96.4 cm³/mol. The summed E-state index contributed by atoms with van der Waals surface area (Å²) in [5.41, 5.74) is 0.928. The van der Waals surface area contributed by atoms with Crippen molar-refractivity contribution in [3.63, 3.8) is 0 Å². The lowest BCUT2D eigenvalue weighted by molar-refractivity contribution is 0.0485. The van der Waals surface area contributed by atoms with Crippen LogP contribution in [-0.4, -0.2) is 49.7 Å². The van der Waals surface area contributed by atoms with Gasteiger partial charge in [-0.2, -0.15) is 0 Å². The number of β-amino-alcohol motifs (C(OH)–C–C–N with tert-alkyl or cyclic N) is 1. The first-order valence-electron chi connectivity index (χ1n) is 8.32. The highest BCUT2D eigenvalue weighted by atomic mass is 16.5. The van der Waals surface area contributed by atoms with E-state index in [2.05, 4.69) is 32.7 Å². The van der Waals surface area contributed by atoms with Crippen LogP contribution in [0.4, 0.5) is 0 Å². The Labute approximate surface area is 145 Å². The Morgan fingerprint density at radius 1 is 1.21 bits per heavy atom. The number of hydrogen-bond acceptors (Lipinski definition) is 5. The van der Waals surface area contributed by atoms with E-state index in [4.69, 9.17) is 14.2 Å². The third-order valence-corrected chi connectivity index (χ3v) is 3.14. The first-order chi connectivity index (χ1) is 11.4. The summed E-state index contributed by atoms with van der Waals surface area (Å²) in [4.78, 5) is 0. The van der Waals surface area contributed by atoms with Gasteiger partial charge in [-0.3, -0.25) is 0 Å². The Morgan fingerprint density at radius 2 is 1.92 bits per heavy atom. The van der Waals surface area contributed by atoms with Crippen molar-refractivity contribution in [3.05, 3.63) is 42.5 Å². The monoisotopic (exact) mass is 337 g/mol. The molecule has 1 rings (SSSR count). The standard InChI is InChI=1S/C19H31NO4/c1-5-10-22-11-12-23-14-16-8-6-7-9-18(16)24-15-17(21)13-20-19(2,3)4/h5-9,17,20-21H,1,10-15H2,2-4H3. The van der Waals surface area contributed by atoms with Crippen LogP contribution in [0.2, 0.25) is 0 Å². The minimum Gasteiger partial charge on any atom is -0.490 e. The molecule has 0 saturated heterocycles. The summed E-state index contributed by atoms with van der Waals surface area (Å²) >= 11 is 0. The summed E-state index contributed by atoms with van der Waals surface area (Å²) in [6, 6.07) is 7.69. The number of ether oxygens (including phenoxy) is 3. The summed E-state index contributed by atoms with van der Waals surface area (Å²) in [7, 11) is 0. The van der Waals surface area contributed by atoms with E-state index < -0.39 is 6.10 Å². The second-order valence-corrected chi connectivity index (χ2v) is 6.62. The molecular weight excluding hydrogens is 306 g/mol. The first-order valence-corrected chi connectivity index (χ1v) is 8.32. The van der Waals surface area contributed by atoms with Crippen LogP contribution in [0, 0.1) is 0 Å². The highest BCUT2D eigenvalue weighted by molar-refractivity contribution is 5.32. The van der Waals surface area contributed by atoms with E-state index >= 15 is 0 Å². The summed E-state index contributed by atoms with van der Waals surface area (Å²) in [6.07, 6.45) is 1.15. The molecule has 0 radical (unpaired) electrons. The quantitative estimate of drug-likeness (QED) is 0.453. The molecule has 1 aromatic carbocycles. The van der Waals surface area contributed by atoms with E-state index in [1.54, 1.807) is 6.08 Å². The van der Waals surface area contributed by atoms with Crippen LogP contribution in [-0.2, 0) is 16.1 Å². The van der Waals surface area contributed by atoms with Crippen molar-refractivity contribution in [3.8, 4) is 5.75 Å². The Balaban J connectivity index is 2.35. The summed E-state index contributed by atoms with van der Waals surface area (Å²) in [5, 5.41) is 13.3. The minimum atomic E-state index is -0.564. The molecule has 5 heteroatoms. The summed E-state index contributed by atoms with van der Waals surface area (Å²) < 4.78 is 16.6. The molecule has 5 nitrogen and oxygen atoms in total. The highest BCUT2D eigenvalue weighted by Gasteiger charge is 2.13. The van der Waals surface area contributed by atoms with Gasteiger partial charge in [0.2, 0.25) is 0 Å². The van der Waals surface area contributed by atoms with Crippen LogP contribution in [0.1, 0.15) is 26.3 Å². The maximum atomic E-state index is 10.0. The molecule has 1 unspecified atom stereocenters. The van der Waals surface area contributed by atoms with E-state index in [1.165, 1.54) is 0 Å². The van der Waals surface area contributed by atoms with Gasteiger partial charge in [0.15, 0.2) is 0 Å². The van der Waals surface area contributed by atoms with Crippen LogP contribution in [0.25, 0.3) is 0 Å². The molecule has 0 amide bonds. The average Bonchev–Trinajstić information content (AvgIpc) is 2.54. The summed E-state index contributed by atoms with van der Waals surface area (Å²) in [5.74, 6) is 0.735. The Bertz CT molecular complexity index is 471. The van der Waals surface area contributed by atoms with Gasteiger partial charge < -0.3 is 24.6 Å². The lowest BCUT2D eigenvalue weighted by Gasteiger charge is -2.23. The van der Waals surface area contributed by atoms with Gasteiger partial charge in [0.05, 0.1) is 26.4 Å². The highest BCUT2D eigenvalue weighted by Crippen LogP contribution is 2.19. The number of aliphatic hydroxyl groups is 1. The molecule has 0 heterocycles. The fourth-order valence-corrected chi connectivity index (χ4v) is 1.90. The molecule has 0 aliphatic carbocycles. The number of hydrogen-bond donors (Lipinski definition) is 2. The molecule has 0 aromatic heterocycles. The van der Waals surface area contributed by atoms with Crippen molar-refractivity contribution in [1.82, 2.24) is 5.32 Å². The minimum absolute atomic E-state index is 0.0274. The Morgan fingerprint density at radius 3 is 2.62 bits per heavy atom. The van der Waals surface area contributed by atoms with Crippen molar-refractivity contribution in [1.29, 1.82) is 0 Å². The van der Waals surface area contributed by atoms with Crippen molar-refractivity contribution >= 4 is 0 Å². The van der Waals surface area contributed by atoms with Gasteiger partial charge in [0.1, 0.15) is 18.5 Å². The van der Waals surface area contributed by atoms with Crippen LogP contribution >= 0.6 is 0 Å². The molecule has 2 N–H and O–H groups in total. The van der Waals surface area contributed by atoms with Gasteiger partial charge in [-0.15, -0.1) is 6.58 Å². The SMILES string of the molecule is C=CCOCCOCc1ccccc1OCC(O)CNC(C)(C)C. The second-order valence-electron chi connectivity index (χ2n) is 6.62. The topological polar surface area (TPSA) is 60.0 Å². The molecular formula is C19H31NO4. The third-order valence-electron chi connectivity index (χ3n) is 3.14. The molecule has 0 spiro atoms. The fraction of sp³-hybridized carbons (Fsp3) is 0.579. The zero-order valence-electron chi connectivity index (χ0n) is 15.1. The van der Waals surface area contributed by atoms with Gasteiger partial charge in [-0.1, -0.05) is 24.3 Å². The molecule has 0 fully saturated rings. The van der Waals surface area contributed by atoms with E-state index in [0.717, 1.165) is 11.3 Å². The Kier molecular flexibility index (Phi) is 9.64. The number of nitrogens with one attached hydrogen (secondary N) is 1. The number of benzene rings is 1. The molecule has 0 aliphatic rings. The average molecular weight is 337 g/mol. The van der Waals surface area contributed by atoms with Gasteiger partial charge in [0.25, 0.3) is 0 Å². The summed E-state index contributed by atoms with van der Waals surface area (Å²) in [6.45, 7) is 12.5. The Hall–Kier alpha value is -1.40. The van der Waals surface area contributed by atoms with E-state index in [9.17, 15) is 5.11 Å². The normalized spacial score (nSPS) is 12.8. The van der Waals surface area contributed by atoms with E-state index in [1.807, 2.05) is 24.3 Å². The molecule has 136 valence electrons. The maximum Gasteiger partial charge on any atom is 0.124 e. The second kappa shape index (κ2) is 11.2. The van der Waals surface area contributed by atoms with Crippen molar-refractivity contribution in [2.75, 3.05) is 33.0 Å². The van der Waals surface area contributed by atoms with Crippen LogP contribution in [0.3, 0.4) is 0 Å². The lowest BCUT2D eigenvalue weighted by atomic mass is 10.1. The lowest BCUT2D eigenvalue weighted by Crippen LogP contribution is -2.42. The molecule has 0 aliphatic heterocycles. The van der Waals surface area contributed by atoms with Crippen LogP contribution in [0.15, 0.2) is 36.9 Å². The zero-order chi connectivity index (χ0) is 17.8. The molecule has 1 aromatic rings. The molecule has 0 bridgehead atoms. The largest absolute Gasteiger partial charge is 0.490 e. The molecule has 0 saturated carbocycles. The fourth-order valence-electron chi connectivity index (χ4n) is 1.90. The third kappa shape index (κ3) is 9.67. The smallest absolute Gasteiger partial charge is 0.124 e. The van der Waals surface area contributed by atoms with Crippen LogP contribution in [0.5, 0.6) is 5.75 Å². The maximum absolute atomic E-state index is 10.0. The van der Waals surface area contributed by atoms with Crippen molar-refractivity contribution < 1.29 is 19.3 Å². The van der Waals surface area contributed by atoms with Gasteiger partial charge >= 0.3 is 0 Å². The van der Waals surface area contributed by atoms with E-state index in [0.29, 0.717) is 33.0 Å². The number of para-hydroxylation sites is 1. The number of rotatable bonds is 12. The molecule has 24 heavy (non-hydrogen) atoms. The van der Waals surface area contributed by atoms with Crippen molar-refractivity contribution in [2.45, 2.75) is 39.0 Å². The zero-order valence-corrected chi connectivity index (χ0v) is 15.1. The predicted octanol–water partition coefficient (Wildman–Crippen LogP) is 2.53. The molecule has 1 atom stereocenters. The van der Waals surface area contributed by atoms with Crippen LogP contribution < -0.4 is 10.1 Å². The van der Waals surface area contributed by atoms with Gasteiger partial charge in [-0.25, -0.2) is 0 Å². The number of aliphatic hydroxyl groups excluding tert-OH is 1. The van der Waals surface area contributed by atoms with Gasteiger partial charge in [0, 0.05) is 17.6 Å². The first kappa shape index (κ1) is 20.6.